The molecule has 1 aliphatic rings. The van der Waals surface area contributed by atoms with E-state index in [1.54, 1.807) is 6.07 Å². The van der Waals surface area contributed by atoms with E-state index < -0.39 is 23.4 Å². The van der Waals surface area contributed by atoms with E-state index >= 15 is 0 Å². The van der Waals surface area contributed by atoms with Gasteiger partial charge in [0.05, 0.1) is 11.3 Å². The Morgan fingerprint density at radius 1 is 1.25 bits per heavy atom. The summed E-state index contributed by atoms with van der Waals surface area (Å²) in [7, 11) is 0. The maximum absolute atomic E-state index is 12.7. The second kappa shape index (κ2) is 5.85. The maximum Gasteiger partial charge on any atom is 0.432 e. The van der Waals surface area contributed by atoms with Crippen LogP contribution in [-0.2, 0) is 10.9 Å². The number of fused-ring (bicyclic) bond motifs is 1. The van der Waals surface area contributed by atoms with Crippen LogP contribution in [0.1, 0.15) is 53.9 Å². The number of esters is 1. The summed E-state index contributed by atoms with van der Waals surface area (Å²) < 4.78 is 44.1. The molecule has 0 amide bonds. The number of nitrogens with one attached hydrogen (secondary N) is 1. The summed E-state index contributed by atoms with van der Waals surface area (Å²) in [6.45, 7) is 2.02. The first kappa shape index (κ1) is 16.4. The van der Waals surface area contributed by atoms with Crippen molar-refractivity contribution >= 4 is 5.97 Å². The molecule has 0 spiro atoms. The predicted octanol–water partition coefficient (Wildman–Crippen LogP) is 3.59. The van der Waals surface area contributed by atoms with Gasteiger partial charge < -0.3 is 4.74 Å². The number of cyclic esters (lactones) is 1. The van der Waals surface area contributed by atoms with E-state index in [1.807, 2.05) is 12.0 Å². The van der Waals surface area contributed by atoms with Crippen molar-refractivity contribution in [1.82, 2.24) is 9.78 Å². The second-order valence-corrected chi connectivity index (χ2v) is 5.65. The van der Waals surface area contributed by atoms with Crippen LogP contribution in [-0.4, -0.2) is 15.7 Å². The first-order valence-electron chi connectivity index (χ1n) is 7.56. The summed E-state index contributed by atoms with van der Waals surface area (Å²) in [5.41, 5.74) is -0.855. The molecule has 1 aliphatic heterocycles. The van der Waals surface area contributed by atoms with Crippen molar-refractivity contribution in [2.24, 2.45) is 0 Å². The molecule has 24 heavy (non-hydrogen) atoms. The molecule has 0 saturated heterocycles. The van der Waals surface area contributed by atoms with Crippen molar-refractivity contribution in [3.63, 3.8) is 0 Å². The van der Waals surface area contributed by atoms with E-state index in [4.69, 9.17) is 4.74 Å². The second-order valence-electron chi connectivity index (χ2n) is 5.65. The summed E-state index contributed by atoms with van der Waals surface area (Å²) in [6, 6.07) is 4.98. The Morgan fingerprint density at radius 3 is 2.62 bits per heavy atom. The van der Waals surface area contributed by atoms with Gasteiger partial charge in [-0.05, 0) is 25.0 Å². The molecule has 3 rings (SSSR count). The third-order valence-electron chi connectivity index (χ3n) is 3.96. The van der Waals surface area contributed by atoms with Crippen LogP contribution in [0.4, 0.5) is 13.2 Å². The van der Waals surface area contributed by atoms with E-state index in [2.05, 4.69) is 0 Å². The van der Waals surface area contributed by atoms with Gasteiger partial charge >= 0.3 is 12.1 Å². The average molecular weight is 340 g/mol. The molecule has 1 aromatic heterocycles. The highest BCUT2D eigenvalue weighted by Crippen LogP contribution is 2.35. The van der Waals surface area contributed by atoms with Crippen LogP contribution in [0, 0.1) is 0 Å². The largest absolute Gasteiger partial charge is 0.454 e. The zero-order chi connectivity index (χ0) is 17.5. The SMILES string of the molecule is CCCCC1OC(=O)c2cc(-n3[nH]c(C(F)(F)F)cc3=O)ccc21. The van der Waals surface area contributed by atoms with Gasteiger partial charge in [0.25, 0.3) is 5.56 Å². The Hall–Kier alpha value is -2.51. The molecule has 2 heterocycles. The maximum atomic E-state index is 12.7. The lowest BCUT2D eigenvalue weighted by Gasteiger charge is -2.10. The normalized spacial score (nSPS) is 17.0. The molecule has 0 fully saturated rings. The molecular formula is C16H15F3N2O3. The molecule has 5 nitrogen and oxygen atoms in total. The highest BCUT2D eigenvalue weighted by molar-refractivity contribution is 5.94. The summed E-state index contributed by atoms with van der Waals surface area (Å²) in [6.07, 6.45) is -2.45. The highest BCUT2D eigenvalue weighted by Gasteiger charge is 2.34. The zero-order valence-electron chi connectivity index (χ0n) is 12.8. The van der Waals surface area contributed by atoms with Crippen LogP contribution in [0.15, 0.2) is 29.1 Å². The Labute approximate surface area is 135 Å². The van der Waals surface area contributed by atoms with Gasteiger partial charge in [0.1, 0.15) is 11.8 Å². The summed E-state index contributed by atoms with van der Waals surface area (Å²) >= 11 is 0. The lowest BCUT2D eigenvalue weighted by atomic mass is 10.0. The number of rotatable bonds is 4. The van der Waals surface area contributed by atoms with E-state index in [-0.39, 0.29) is 17.4 Å². The van der Waals surface area contributed by atoms with Crippen molar-refractivity contribution in [3.05, 3.63) is 51.4 Å². The number of aromatic nitrogens is 2. The Morgan fingerprint density at radius 2 is 2.00 bits per heavy atom. The standard InChI is InChI=1S/C16H15F3N2O3/c1-2-3-4-12-10-6-5-9(7-11(10)15(23)24-12)21-14(22)8-13(20-21)16(17,18)19/h5-8,12,20H,2-4H2,1H3. The van der Waals surface area contributed by atoms with Gasteiger partial charge in [-0.1, -0.05) is 19.4 Å². The number of hydrogen-bond donors (Lipinski definition) is 1. The molecule has 8 heteroatoms. The Balaban J connectivity index is 1.98. The van der Waals surface area contributed by atoms with Crippen LogP contribution in [0.3, 0.4) is 0 Å². The molecule has 2 aromatic rings. The minimum absolute atomic E-state index is 0.155. The number of carbonyl (C=O) groups excluding carboxylic acids is 1. The number of H-pyrrole nitrogens is 1. The highest BCUT2D eigenvalue weighted by atomic mass is 19.4. The van der Waals surface area contributed by atoms with Crippen LogP contribution < -0.4 is 5.56 Å². The molecule has 1 N–H and O–H groups in total. The van der Waals surface area contributed by atoms with E-state index in [9.17, 15) is 22.8 Å². The summed E-state index contributed by atoms with van der Waals surface area (Å²) in [5, 5.41) is 2.02. The predicted molar refractivity (Wildman–Crippen MR) is 79.1 cm³/mol. The quantitative estimate of drug-likeness (QED) is 0.865. The van der Waals surface area contributed by atoms with Crippen molar-refractivity contribution in [1.29, 1.82) is 0 Å². The minimum atomic E-state index is -4.65. The van der Waals surface area contributed by atoms with Crippen LogP contribution >= 0.6 is 0 Å². The molecular weight excluding hydrogens is 325 g/mol. The fourth-order valence-corrected chi connectivity index (χ4v) is 2.73. The lowest BCUT2D eigenvalue weighted by molar-refractivity contribution is -0.141. The summed E-state index contributed by atoms with van der Waals surface area (Å²) in [4.78, 5) is 23.8. The van der Waals surface area contributed by atoms with Gasteiger partial charge in [-0.2, -0.15) is 13.2 Å². The minimum Gasteiger partial charge on any atom is -0.454 e. The van der Waals surface area contributed by atoms with Gasteiger partial charge in [0, 0.05) is 11.6 Å². The monoisotopic (exact) mass is 340 g/mol. The van der Waals surface area contributed by atoms with Crippen molar-refractivity contribution in [3.8, 4) is 5.69 Å². The Kier molecular flexibility index (Phi) is 3.98. The molecule has 0 bridgehead atoms. The number of halogens is 3. The van der Waals surface area contributed by atoms with Crippen molar-refractivity contribution in [2.75, 3.05) is 0 Å². The molecule has 128 valence electrons. The number of carbonyl (C=O) groups is 1. The number of benzene rings is 1. The fraction of sp³-hybridized carbons (Fsp3) is 0.375. The Bertz CT molecular complexity index is 836. The first-order valence-corrected chi connectivity index (χ1v) is 7.56. The fourth-order valence-electron chi connectivity index (χ4n) is 2.73. The lowest BCUT2D eigenvalue weighted by Crippen LogP contribution is -2.14. The summed E-state index contributed by atoms with van der Waals surface area (Å²) in [5.74, 6) is -0.524. The molecule has 0 radical (unpaired) electrons. The van der Waals surface area contributed by atoms with Crippen molar-refractivity contribution < 1.29 is 22.7 Å². The van der Waals surface area contributed by atoms with Gasteiger partial charge in [-0.15, -0.1) is 0 Å². The third-order valence-corrected chi connectivity index (χ3v) is 3.96. The van der Waals surface area contributed by atoms with Crippen LogP contribution in [0.25, 0.3) is 5.69 Å². The van der Waals surface area contributed by atoms with Crippen LogP contribution in [0.5, 0.6) is 0 Å². The molecule has 1 atom stereocenters. The van der Waals surface area contributed by atoms with Crippen molar-refractivity contribution in [2.45, 2.75) is 38.5 Å². The number of unbranched alkanes of at least 4 members (excludes halogenated alkanes) is 1. The third kappa shape index (κ3) is 2.83. The van der Waals surface area contributed by atoms with E-state index in [0.717, 1.165) is 17.5 Å². The molecule has 0 saturated carbocycles. The molecule has 1 aromatic carbocycles. The van der Waals surface area contributed by atoms with E-state index in [1.165, 1.54) is 12.1 Å². The first-order chi connectivity index (χ1) is 11.3. The molecule has 1 unspecified atom stereocenters. The van der Waals surface area contributed by atoms with Gasteiger partial charge in [-0.25, -0.2) is 9.48 Å². The van der Waals surface area contributed by atoms with Gasteiger partial charge in [0.2, 0.25) is 0 Å². The van der Waals surface area contributed by atoms with Gasteiger partial charge in [0.15, 0.2) is 0 Å². The number of hydrogen-bond acceptors (Lipinski definition) is 3. The van der Waals surface area contributed by atoms with Gasteiger partial charge in [-0.3, -0.25) is 9.89 Å². The number of ether oxygens (including phenoxy) is 1. The zero-order valence-corrected chi connectivity index (χ0v) is 12.8. The number of aromatic amines is 1. The topological polar surface area (TPSA) is 64.1 Å². The van der Waals surface area contributed by atoms with Crippen LogP contribution in [0.2, 0.25) is 0 Å². The number of alkyl halides is 3. The number of nitrogens with zero attached hydrogens (tertiary/aromatic N) is 1. The smallest absolute Gasteiger partial charge is 0.432 e. The molecule has 0 aliphatic carbocycles. The average Bonchev–Trinajstić information content (AvgIpc) is 3.06. The van der Waals surface area contributed by atoms with E-state index in [0.29, 0.717) is 18.1 Å².